The maximum absolute atomic E-state index is 12.5. The SMILES string of the molecule is O=C(c1cn(CCN2CCNCC2)nn1)N1CCC[C@@H](O)CC1. The molecule has 128 valence electrons. The predicted octanol–water partition coefficient (Wildman–Crippen LogP) is -0.830. The number of nitrogens with one attached hydrogen (secondary N) is 1. The minimum absolute atomic E-state index is 0.0764. The van der Waals surface area contributed by atoms with Gasteiger partial charge in [0.15, 0.2) is 5.69 Å². The molecule has 0 aromatic carbocycles. The molecule has 0 bridgehead atoms. The van der Waals surface area contributed by atoms with E-state index < -0.39 is 0 Å². The largest absolute Gasteiger partial charge is 0.393 e. The Morgan fingerprint density at radius 2 is 2.04 bits per heavy atom. The van der Waals surface area contributed by atoms with Gasteiger partial charge in [-0.25, -0.2) is 0 Å². The van der Waals surface area contributed by atoms with Gasteiger partial charge < -0.3 is 15.3 Å². The third-order valence-corrected chi connectivity index (χ3v) is 4.60. The minimum Gasteiger partial charge on any atom is -0.393 e. The fraction of sp³-hybridized carbons (Fsp3) is 0.800. The number of rotatable bonds is 4. The van der Waals surface area contributed by atoms with E-state index in [0.717, 1.165) is 52.1 Å². The Labute approximate surface area is 136 Å². The van der Waals surface area contributed by atoms with Gasteiger partial charge in [0.25, 0.3) is 5.91 Å². The van der Waals surface area contributed by atoms with Gasteiger partial charge in [-0.3, -0.25) is 14.4 Å². The Bertz CT molecular complexity index is 514. The predicted molar refractivity (Wildman–Crippen MR) is 85.1 cm³/mol. The zero-order valence-corrected chi connectivity index (χ0v) is 13.5. The van der Waals surface area contributed by atoms with E-state index in [2.05, 4.69) is 20.5 Å². The molecule has 1 aromatic heterocycles. The monoisotopic (exact) mass is 322 g/mol. The van der Waals surface area contributed by atoms with Crippen LogP contribution in [-0.2, 0) is 6.54 Å². The van der Waals surface area contributed by atoms with Crippen LogP contribution in [0.2, 0.25) is 0 Å². The molecule has 23 heavy (non-hydrogen) atoms. The van der Waals surface area contributed by atoms with E-state index >= 15 is 0 Å². The first kappa shape index (κ1) is 16.4. The van der Waals surface area contributed by atoms with E-state index in [4.69, 9.17) is 0 Å². The van der Waals surface area contributed by atoms with Crippen LogP contribution in [0.3, 0.4) is 0 Å². The van der Waals surface area contributed by atoms with Crippen molar-refractivity contribution in [2.45, 2.75) is 31.9 Å². The summed E-state index contributed by atoms with van der Waals surface area (Å²) in [4.78, 5) is 16.7. The smallest absolute Gasteiger partial charge is 0.276 e. The van der Waals surface area contributed by atoms with Gasteiger partial charge in [-0.1, -0.05) is 5.21 Å². The lowest BCUT2D eigenvalue weighted by molar-refractivity contribution is 0.0747. The van der Waals surface area contributed by atoms with Gasteiger partial charge in [0.2, 0.25) is 0 Å². The first-order chi connectivity index (χ1) is 11.2. The number of nitrogens with zero attached hydrogens (tertiary/aromatic N) is 5. The number of carbonyl (C=O) groups is 1. The lowest BCUT2D eigenvalue weighted by Crippen LogP contribution is -2.44. The van der Waals surface area contributed by atoms with Gasteiger partial charge in [-0.2, -0.15) is 0 Å². The molecule has 2 fully saturated rings. The van der Waals surface area contributed by atoms with E-state index in [-0.39, 0.29) is 12.0 Å². The van der Waals surface area contributed by atoms with Gasteiger partial charge in [-0.15, -0.1) is 5.10 Å². The maximum Gasteiger partial charge on any atom is 0.276 e. The molecule has 8 nitrogen and oxygen atoms in total. The standard InChI is InChI=1S/C15H26N6O2/c22-13-2-1-6-20(7-3-13)15(23)14-12-21(18-17-14)11-10-19-8-4-16-5-9-19/h12-13,16,22H,1-11H2/t13-/m1/s1. The summed E-state index contributed by atoms with van der Waals surface area (Å²) < 4.78 is 1.75. The average Bonchev–Trinajstić information content (AvgIpc) is 2.95. The van der Waals surface area contributed by atoms with Gasteiger partial charge in [0, 0.05) is 45.8 Å². The van der Waals surface area contributed by atoms with Crippen LogP contribution < -0.4 is 5.32 Å². The van der Waals surface area contributed by atoms with Crippen molar-refractivity contribution in [3.63, 3.8) is 0 Å². The van der Waals surface area contributed by atoms with Crippen molar-refractivity contribution >= 4 is 5.91 Å². The van der Waals surface area contributed by atoms with Gasteiger partial charge in [-0.05, 0) is 19.3 Å². The van der Waals surface area contributed by atoms with E-state index in [1.807, 2.05) is 0 Å². The van der Waals surface area contributed by atoms with Crippen molar-refractivity contribution in [1.29, 1.82) is 0 Å². The molecule has 3 rings (SSSR count). The van der Waals surface area contributed by atoms with E-state index in [0.29, 0.717) is 25.2 Å². The summed E-state index contributed by atoms with van der Waals surface area (Å²) in [5.74, 6) is -0.0764. The van der Waals surface area contributed by atoms with Crippen molar-refractivity contribution in [1.82, 2.24) is 30.1 Å². The van der Waals surface area contributed by atoms with Crippen LogP contribution in [0.5, 0.6) is 0 Å². The highest BCUT2D eigenvalue weighted by Gasteiger charge is 2.22. The Hall–Kier alpha value is -1.51. The number of amides is 1. The minimum atomic E-state index is -0.289. The highest BCUT2D eigenvalue weighted by Crippen LogP contribution is 2.13. The summed E-state index contributed by atoms with van der Waals surface area (Å²) >= 11 is 0. The van der Waals surface area contributed by atoms with Crippen molar-refractivity contribution in [2.75, 3.05) is 45.8 Å². The van der Waals surface area contributed by atoms with Crippen LogP contribution >= 0.6 is 0 Å². The number of aliphatic hydroxyl groups excluding tert-OH is 1. The molecule has 0 radical (unpaired) electrons. The third kappa shape index (κ3) is 4.49. The lowest BCUT2D eigenvalue weighted by Gasteiger charge is -2.26. The molecule has 3 heterocycles. The van der Waals surface area contributed by atoms with Gasteiger partial charge in [0.1, 0.15) is 0 Å². The van der Waals surface area contributed by atoms with Crippen molar-refractivity contribution < 1.29 is 9.90 Å². The molecule has 0 saturated carbocycles. The summed E-state index contributed by atoms with van der Waals surface area (Å²) in [6.07, 6.45) is 3.70. The van der Waals surface area contributed by atoms with Gasteiger partial charge >= 0.3 is 0 Å². The zero-order chi connectivity index (χ0) is 16.1. The molecule has 8 heteroatoms. The molecule has 2 aliphatic rings. The molecule has 2 N–H and O–H groups in total. The Morgan fingerprint density at radius 1 is 1.22 bits per heavy atom. The molecule has 2 saturated heterocycles. The third-order valence-electron chi connectivity index (χ3n) is 4.60. The Balaban J connectivity index is 1.52. The number of piperazine rings is 1. The summed E-state index contributed by atoms with van der Waals surface area (Å²) in [5.41, 5.74) is 0.404. The molecule has 0 aliphatic carbocycles. The summed E-state index contributed by atoms with van der Waals surface area (Å²) in [6, 6.07) is 0. The molecule has 0 unspecified atom stereocenters. The van der Waals surface area contributed by atoms with E-state index in [1.165, 1.54) is 0 Å². The van der Waals surface area contributed by atoms with Crippen molar-refractivity contribution in [3.8, 4) is 0 Å². The second-order valence-electron chi connectivity index (χ2n) is 6.34. The fourth-order valence-corrected chi connectivity index (χ4v) is 3.13. The fourth-order valence-electron chi connectivity index (χ4n) is 3.13. The van der Waals surface area contributed by atoms with Crippen LogP contribution in [0.4, 0.5) is 0 Å². The Morgan fingerprint density at radius 3 is 2.87 bits per heavy atom. The lowest BCUT2D eigenvalue weighted by atomic mass is 10.2. The van der Waals surface area contributed by atoms with Gasteiger partial charge in [0.05, 0.1) is 18.8 Å². The van der Waals surface area contributed by atoms with E-state index in [9.17, 15) is 9.90 Å². The van der Waals surface area contributed by atoms with Crippen LogP contribution in [-0.4, -0.2) is 87.7 Å². The number of carbonyl (C=O) groups excluding carboxylic acids is 1. The second-order valence-corrected chi connectivity index (χ2v) is 6.34. The van der Waals surface area contributed by atoms with Crippen LogP contribution in [0.25, 0.3) is 0 Å². The quantitative estimate of drug-likeness (QED) is 0.752. The topological polar surface area (TPSA) is 86.5 Å². The number of aromatic nitrogens is 3. The second kappa shape index (κ2) is 7.85. The summed E-state index contributed by atoms with van der Waals surface area (Å²) in [5, 5.41) is 21.1. The first-order valence-electron chi connectivity index (χ1n) is 8.53. The number of hydrogen-bond acceptors (Lipinski definition) is 6. The summed E-state index contributed by atoms with van der Waals surface area (Å²) in [6.45, 7) is 7.11. The average molecular weight is 322 g/mol. The molecule has 2 aliphatic heterocycles. The number of likely N-dealkylation sites (tertiary alicyclic amines) is 1. The zero-order valence-electron chi connectivity index (χ0n) is 13.5. The number of hydrogen-bond donors (Lipinski definition) is 2. The normalized spacial score (nSPS) is 23.7. The van der Waals surface area contributed by atoms with Crippen molar-refractivity contribution in [3.05, 3.63) is 11.9 Å². The number of aliphatic hydroxyl groups is 1. The molecular weight excluding hydrogens is 296 g/mol. The van der Waals surface area contributed by atoms with Crippen LogP contribution in [0.1, 0.15) is 29.8 Å². The van der Waals surface area contributed by atoms with E-state index in [1.54, 1.807) is 15.8 Å². The highest BCUT2D eigenvalue weighted by atomic mass is 16.3. The van der Waals surface area contributed by atoms with Crippen LogP contribution in [0, 0.1) is 0 Å². The molecule has 1 aromatic rings. The molecular formula is C15H26N6O2. The highest BCUT2D eigenvalue weighted by molar-refractivity contribution is 5.91. The molecule has 1 atom stereocenters. The Kier molecular flexibility index (Phi) is 5.58. The summed E-state index contributed by atoms with van der Waals surface area (Å²) in [7, 11) is 0. The molecule has 1 amide bonds. The van der Waals surface area contributed by atoms with Crippen molar-refractivity contribution in [2.24, 2.45) is 0 Å². The maximum atomic E-state index is 12.5. The first-order valence-corrected chi connectivity index (χ1v) is 8.53. The molecule has 0 spiro atoms. The van der Waals surface area contributed by atoms with Crippen LogP contribution in [0.15, 0.2) is 6.20 Å².